The maximum Gasteiger partial charge on any atom is 0.0967 e. The van der Waals surface area contributed by atoms with Gasteiger partial charge < -0.3 is 9.47 Å². The van der Waals surface area contributed by atoms with E-state index >= 15 is 0 Å². The lowest BCUT2D eigenvalue weighted by atomic mass is 9.94. The van der Waals surface area contributed by atoms with Crippen molar-refractivity contribution in [2.24, 2.45) is 0 Å². The van der Waals surface area contributed by atoms with Crippen molar-refractivity contribution in [2.45, 2.75) is 18.4 Å². The monoisotopic (exact) mass is 113 g/mol. The van der Waals surface area contributed by atoms with Crippen molar-refractivity contribution >= 4 is 0 Å². The van der Waals surface area contributed by atoms with E-state index in [2.05, 4.69) is 0 Å². The van der Waals surface area contributed by atoms with E-state index < -0.39 is 0 Å². The summed E-state index contributed by atoms with van der Waals surface area (Å²) in [6.45, 7) is 3.55. The summed E-state index contributed by atoms with van der Waals surface area (Å²) in [5.74, 6) is 0. The number of ether oxygens (including phenoxy) is 2. The molecule has 0 aromatic rings. The highest BCUT2D eigenvalue weighted by Crippen LogP contribution is 2.36. The predicted octanol–water partition coefficient (Wildman–Crippen LogP) is 0.728. The molecule has 2 heteroatoms. The third-order valence-corrected chi connectivity index (χ3v) is 1.86. The molecule has 1 radical (unpaired) electrons. The molecule has 2 rings (SSSR count). The van der Waals surface area contributed by atoms with Crippen LogP contribution in [-0.2, 0) is 9.47 Å². The van der Waals surface area contributed by atoms with Gasteiger partial charge in [-0.1, -0.05) is 0 Å². The molecule has 0 saturated carbocycles. The fourth-order valence-corrected chi connectivity index (χ4v) is 1.16. The number of hydrogen-bond acceptors (Lipinski definition) is 2. The van der Waals surface area contributed by atoms with Crippen LogP contribution in [0.3, 0.4) is 0 Å². The number of rotatable bonds is 0. The Bertz CT molecular complexity index is 88.7. The molecular formula is C6H9O2. The maximum atomic E-state index is 5.23. The first-order valence-electron chi connectivity index (χ1n) is 2.99. The molecule has 2 nitrogen and oxygen atoms in total. The molecule has 0 bridgehead atoms. The summed E-state index contributed by atoms with van der Waals surface area (Å²) in [5, 5.41) is 0. The third-order valence-electron chi connectivity index (χ3n) is 1.86. The molecule has 45 valence electrons. The van der Waals surface area contributed by atoms with Gasteiger partial charge in [-0.25, -0.2) is 0 Å². The minimum atomic E-state index is 0.139. The minimum absolute atomic E-state index is 0.139. The average molecular weight is 113 g/mol. The third kappa shape index (κ3) is 0.501. The second-order valence-electron chi connectivity index (χ2n) is 2.47. The summed E-state index contributed by atoms with van der Waals surface area (Å²) in [4.78, 5) is 0. The fourth-order valence-electron chi connectivity index (χ4n) is 1.16. The Morgan fingerprint density at radius 2 is 2.38 bits per heavy atom. The van der Waals surface area contributed by atoms with Crippen molar-refractivity contribution in [1.82, 2.24) is 0 Å². The van der Waals surface area contributed by atoms with Gasteiger partial charge >= 0.3 is 0 Å². The Hall–Kier alpha value is -0.0800. The largest absolute Gasteiger partial charge is 0.378 e. The number of hydrogen-bond donors (Lipinski definition) is 0. The maximum absolute atomic E-state index is 5.23. The zero-order valence-corrected chi connectivity index (χ0v) is 4.72. The molecule has 8 heavy (non-hydrogen) atoms. The summed E-state index contributed by atoms with van der Waals surface area (Å²) in [6, 6.07) is 0. The van der Waals surface area contributed by atoms with E-state index in [0.717, 1.165) is 26.1 Å². The zero-order chi connectivity index (χ0) is 5.45. The zero-order valence-electron chi connectivity index (χ0n) is 4.72. The lowest BCUT2D eigenvalue weighted by Crippen LogP contribution is -2.40. The Morgan fingerprint density at radius 3 is 2.62 bits per heavy atom. The molecule has 2 fully saturated rings. The van der Waals surface area contributed by atoms with Crippen LogP contribution in [0.1, 0.15) is 12.8 Å². The molecular weight excluding hydrogens is 104 g/mol. The van der Waals surface area contributed by atoms with Crippen LogP contribution in [0.5, 0.6) is 0 Å². The second kappa shape index (κ2) is 1.45. The fraction of sp³-hybridized carbons (Fsp3) is 0.833. The Kier molecular flexibility index (Phi) is 0.866. The van der Waals surface area contributed by atoms with Crippen molar-refractivity contribution in [1.29, 1.82) is 0 Å². The van der Waals surface area contributed by atoms with Crippen LogP contribution < -0.4 is 0 Å². The molecule has 2 saturated heterocycles. The van der Waals surface area contributed by atoms with E-state index in [4.69, 9.17) is 9.47 Å². The van der Waals surface area contributed by atoms with Crippen LogP contribution in [-0.4, -0.2) is 18.8 Å². The molecule has 1 atom stereocenters. The van der Waals surface area contributed by atoms with Gasteiger partial charge in [0.15, 0.2) is 0 Å². The standard InChI is InChI=1S/C6H9O2/c1-3-7-5-6(1)2-4-8-6/h4H,1-3,5H2. The lowest BCUT2D eigenvalue weighted by Gasteiger charge is -2.35. The van der Waals surface area contributed by atoms with Gasteiger partial charge in [0, 0.05) is 19.4 Å². The second-order valence-corrected chi connectivity index (χ2v) is 2.47. The van der Waals surface area contributed by atoms with E-state index in [1.165, 1.54) is 0 Å². The Morgan fingerprint density at radius 1 is 1.50 bits per heavy atom. The highest BCUT2D eigenvalue weighted by Gasteiger charge is 2.42. The first kappa shape index (κ1) is 4.77. The topological polar surface area (TPSA) is 18.5 Å². The van der Waals surface area contributed by atoms with Gasteiger partial charge in [-0.2, -0.15) is 0 Å². The van der Waals surface area contributed by atoms with Crippen LogP contribution in [0, 0.1) is 6.61 Å². The van der Waals surface area contributed by atoms with Gasteiger partial charge in [-0.3, -0.25) is 0 Å². The first-order chi connectivity index (χ1) is 3.91. The van der Waals surface area contributed by atoms with Crippen LogP contribution in [0.15, 0.2) is 0 Å². The van der Waals surface area contributed by atoms with Crippen molar-refractivity contribution in [3.8, 4) is 0 Å². The quantitative estimate of drug-likeness (QED) is 0.461. The lowest BCUT2D eigenvalue weighted by molar-refractivity contribution is -0.0971. The molecule has 0 N–H and O–H groups in total. The van der Waals surface area contributed by atoms with Gasteiger partial charge in [-0.05, 0) is 0 Å². The summed E-state index contributed by atoms with van der Waals surface area (Å²) in [7, 11) is 0. The summed E-state index contributed by atoms with van der Waals surface area (Å²) >= 11 is 0. The van der Waals surface area contributed by atoms with E-state index in [0.29, 0.717) is 0 Å². The van der Waals surface area contributed by atoms with Crippen molar-refractivity contribution in [3.63, 3.8) is 0 Å². The van der Waals surface area contributed by atoms with E-state index in [1.54, 1.807) is 0 Å². The van der Waals surface area contributed by atoms with Gasteiger partial charge in [0.05, 0.1) is 18.8 Å². The minimum Gasteiger partial charge on any atom is -0.378 e. The SMILES string of the molecule is [CH]1CC2(CCOC2)O1. The smallest absolute Gasteiger partial charge is 0.0967 e. The first-order valence-corrected chi connectivity index (χ1v) is 2.99. The summed E-state index contributed by atoms with van der Waals surface area (Å²) in [5.41, 5.74) is 0.139. The molecule has 2 heterocycles. The molecule has 0 aromatic carbocycles. The molecule has 2 aliphatic heterocycles. The molecule has 0 amide bonds. The molecule has 1 spiro atoms. The summed E-state index contributed by atoms with van der Waals surface area (Å²) < 4.78 is 10.4. The van der Waals surface area contributed by atoms with Crippen LogP contribution in [0.4, 0.5) is 0 Å². The van der Waals surface area contributed by atoms with Crippen molar-refractivity contribution in [2.75, 3.05) is 13.2 Å². The average Bonchev–Trinajstić information content (AvgIpc) is 2.07. The predicted molar refractivity (Wildman–Crippen MR) is 28.2 cm³/mol. The van der Waals surface area contributed by atoms with Crippen LogP contribution in [0.25, 0.3) is 0 Å². The van der Waals surface area contributed by atoms with Crippen LogP contribution in [0.2, 0.25) is 0 Å². The van der Waals surface area contributed by atoms with Gasteiger partial charge in [0.1, 0.15) is 0 Å². The summed E-state index contributed by atoms with van der Waals surface area (Å²) in [6.07, 6.45) is 2.18. The van der Waals surface area contributed by atoms with Crippen molar-refractivity contribution < 1.29 is 9.47 Å². The highest BCUT2D eigenvalue weighted by molar-refractivity contribution is 4.95. The van der Waals surface area contributed by atoms with E-state index in [9.17, 15) is 0 Å². The molecule has 0 aliphatic carbocycles. The van der Waals surface area contributed by atoms with Gasteiger partial charge in [0.2, 0.25) is 0 Å². The van der Waals surface area contributed by atoms with Crippen LogP contribution >= 0.6 is 0 Å². The van der Waals surface area contributed by atoms with Gasteiger partial charge in [0.25, 0.3) is 0 Å². The molecule has 2 aliphatic rings. The normalized spacial score (nSPS) is 45.0. The highest BCUT2D eigenvalue weighted by atomic mass is 16.6. The molecule has 1 unspecified atom stereocenters. The van der Waals surface area contributed by atoms with E-state index in [-0.39, 0.29) is 5.60 Å². The van der Waals surface area contributed by atoms with E-state index in [1.807, 2.05) is 6.61 Å². The van der Waals surface area contributed by atoms with Crippen molar-refractivity contribution in [3.05, 3.63) is 6.61 Å². The molecule has 0 aromatic heterocycles. The van der Waals surface area contributed by atoms with Gasteiger partial charge in [-0.15, -0.1) is 0 Å². The Labute approximate surface area is 48.8 Å². The Balaban J connectivity index is 2.01.